The Morgan fingerprint density at radius 3 is 2.50 bits per heavy atom. The zero-order valence-electron chi connectivity index (χ0n) is 10.8. The van der Waals surface area contributed by atoms with Crippen molar-refractivity contribution in [2.45, 2.75) is 13.5 Å². The van der Waals surface area contributed by atoms with Crippen molar-refractivity contribution in [1.82, 2.24) is 4.98 Å². The molecular weight excluding hydrogens is 319 g/mol. The van der Waals surface area contributed by atoms with Gasteiger partial charge in [-0.05, 0) is 25.1 Å². The van der Waals surface area contributed by atoms with Crippen molar-refractivity contribution in [2.75, 3.05) is 11.9 Å². The predicted octanol–water partition coefficient (Wildman–Crippen LogP) is 5.05. The third-order valence-electron chi connectivity index (χ3n) is 2.64. The Kier molecular flexibility index (Phi) is 5.35. The van der Waals surface area contributed by atoms with Gasteiger partial charge in [-0.3, -0.25) is 0 Å². The van der Waals surface area contributed by atoms with E-state index in [2.05, 4.69) is 10.3 Å². The zero-order chi connectivity index (χ0) is 14.5. The summed E-state index contributed by atoms with van der Waals surface area (Å²) in [6.45, 7) is 2.97. The van der Waals surface area contributed by atoms with E-state index in [1.54, 1.807) is 24.4 Å². The fourth-order valence-electron chi connectivity index (χ4n) is 1.64. The van der Waals surface area contributed by atoms with Crippen LogP contribution in [0.1, 0.15) is 12.5 Å². The number of nitrogens with zero attached hydrogens (tertiary/aromatic N) is 1. The number of nitrogens with one attached hydrogen (secondary N) is 1. The molecule has 1 aromatic carbocycles. The van der Waals surface area contributed by atoms with E-state index in [0.717, 1.165) is 11.3 Å². The molecule has 0 saturated heterocycles. The maximum absolute atomic E-state index is 6.14. The van der Waals surface area contributed by atoms with E-state index in [1.807, 2.05) is 13.0 Å². The predicted molar refractivity (Wildman–Crippen MR) is 84.2 cm³/mol. The molecule has 0 radical (unpaired) electrons. The highest BCUT2D eigenvalue weighted by atomic mass is 35.5. The summed E-state index contributed by atoms with van der Waals surface area (Å²) in [6, 6.07) is 7.08. The van der Waals surface area contributed by atoms with Gasteiger partial charge in [-0.1, -0.05) is 34.8 Å². The molecule has 0 saturated carbocycles. The first-order valence-corrected chi connectivity index (χ1v) is 7.20. The van der Waals surface area contributed by atoms with Gasteiger partial charge in [0.25, 0.3) is 0 Å². The molecule has 0 unspecified atom stereocenters. The van der Waals surface area contributed by atoms with Crippen LogP contribution in [0.25, 0.3) is 0 Å². The lowest BCUT2D eigenvalue weighted by Gasteiger charge is -2.11. The van der Waals surface area contributed by atoms with E-state index in [-0.39, 0.29) is 0 Å². The molecule has 1 N–H and O–H groups in total. The topological polar surface area (TPSA) is 34.1 Å². The first kappa shape index (κ1) is 15.2. The van der Waals surface area contributed by atoms with Crippen LogP contribution in [0.5, 0.6) is 5.88 Å². The van der Waals surface area contributed by atoms with Gasteiger partial charge in [0.15, 0.2) is 0 Å². The molecule has 0 bridgehead atoms. The average Bonchev–Trinajstić information content (AvgIpc) is 2.45. The Morgan fingerprint density at radius 2 is 1.85 bits per heavy atom. The molecular formula is C14H13Cl3N2O. The van der Waals surface area contributed by atoms with E-state index < -0.39 is 0 Å². The van der Waals surface area contributed by atoms with Crippen molar-refractivity contribution in [2.24, 2.45) is 0 Å². The van der Waals surface area contributed by atoms with Gasteiger partial charge in [0.2, 0.25) is 5.88 Å². The van der Waals surface area contributed by atoms with Crippen molar-refractivity contribution in [3.63, 3.8) is 0 Å². The molecule has 2 rings (SSSR count). The van der Waals surface area contributed by atoms with Crippen LogP contribution in [0.2, 0.25) is 15.1 Å². The summed E-state index contributed by atoms with van der Waals surface area (Å²) in [5, 5.41) is 4.72. The summed E-state index contributed by atoms with van der Waals surface area (Å²) < 4.78 is 5.28. The largest absolute Gasteiger partial charge is 0.478 e. The number of anilines is 1. The second kappa shape index (κ2) is 7.02. The van der Waals surface area contributed by atoms with E-state index in [1.165, 1.54) is 0 Å². The number of halogens is 3. The Balaban J connectivity index is 2.07. The van der Waals surface area contributed by atoms with Gasteiger partial charge in [0.05, 0.1) is 28.5 Å². The number of hydrogen-bond donors (Lipinski definition) is 1. The van der Waals surface area contributed by atoms with Crippen LogP contribution in [-0.4, -0.2) is 11.6 Å². The summed E-state index contributed by atoms with van der Waals surface area (Å²) in [7, 11) is 0. The number of pyridine rings is 1. The highest BCUT2D eigenvalue weighted by Crippen LogP contribution is 2.31. The number of ether oxygens (including phenoxy) is 1. The van der Waals surface area contributed by atoms with Gasteiger partial charge in [-0.15, -0.1) is 0 Å². The van der Waals surface area contributed by atoms with Crippen LogP contribution in [0.4, 0.5) is 5.69 Å². The number of hydrogen-bond acceptors (Lipinski definition) is 3. The lowest BCUT2D eigenvalue weighted by molar-refractivity contribution is 0.327. The Labute approximate surface area is 132 Å². The third-order valence-corrected chi connectivity index (χ3v) is 3.83. The van der Waals surface area contributed by atoms with Crippen LogP contribution in [0, 0.1) is 0 Å². The maximum atomic E-state index is 6.14. The van der Waals surface area contributed by atoms with Gasteiger partial charge in [-0.25, -0.2) is 4.98 Å². The average molecular weight is 332 g/mol. The van der Waals surface area contributed by atoms with Crippen LogP contribution < -0.4 is 10.1 Å². The van der Waals surface area contributed by atoms with Crippen LogP contribution in [0.15, 0.2) is 30.5 Å². The van der Waals surface area contributed by atoms with Gasteiger partial charge >= 0.3 is 0 Å². The molecule has 1 aromatic heterocycles. The number of aromatic nitrogens is 1. The van der Waals surface area contributed by atoms with Crippen molar-refractivity contribution in [3.8, 4) is 5.88 Å². The summed E-state index contributed by atoms with van der Waals surface area (Å²) >= 11 is 18.2. The lowest BCUT2D eigenvalue weighted by atomic mass is 10.2. The van der Waals surface area contributed by atoms with E-state index in [9.17, 15) is 0 Å². The molecule has 1 heterocycles. The number of rotatable bonds is 5. The molecule has 0 aliphatic heterocycles. The van der Waals surface area contributed by atoms with Crippen molar-refractivity contribution >= 4 is 40.5 Å². The maximum Gasteiger partial charge on any atom is 0.213 e. The fourth-order valence-corrected chi connectivity index (χ4v) is 2.32. The summed E-state index contributed by atoms with van der Waals surface area (Å²) in [4.78, 5) is 4.17. The highest BCUT2D eigenvalue weighted by molar-refractivity contribution is 6.44. The molecule has 0 atom stereocenters. The lowest BCUT2D eigenvalue weighted by Crippen LogP contribution is -2.02. The van der Waals surface area contributed by atoms with Gasteiger partial charge in [0.1, 0.15) is 0 Å². The minimum atomic E-state index is 0.463. The van der Waals surface area contributed by atoms with Crippen molar-refractivity contribution < 1.29 is 4.74 Å². The molecule has 2 aromatic rings. The quantitative estimate of drug-likeness (QED) is 0.778. The van der Waals surface area contributed by atoms with Crippen LogP contribution in [-0.2, 0) is 6.54 Å². The molecule has 3 nitrogen and oxygen atoms in total. The fraction of sp³-hybridized carbons (Fsp3) is 0.214. The molecule has 0 spiro atoms. The Bertz CT molecular complexity index is 588. The van der Waals surface area contributed by atoms with E-state index in [0.29, 0.717) is 34.1 Å². The zero-order valence-corrected chi connectivity index (χ0v) is 13.1. The molecule has 0 fully saturated rings. The Morgan fingerprint density at radius 1 is 1.10 bits per heavy atom. The van der Waals surface area contributed by atoms with E-state index >= 15 is 0 Å². The summed E-state index contributed by atoms with van der Waals surface area (Å²) in [5.74, 6) is 0.594. The Hall–Kier alpha value is -1.16. The smallest absolute Gasteiger partial charge is 0.213 e. The summed E-state index contributed by atoms with van der Waals surface area (Å²) in [5.41, 5.74) is 1.61. The first-order chi connectivity index (χ1) is 9.61. The van der Waals surface area contributed by atoms with Gasteiger partial charge in [0, 0.05) is 23.2 Å². The van der Waals surface area contributed by atoms with E-state index in [4.69, 9.17) is 39.5 Å². The minimum absolute atomic E-state index is 0.463. The SMILES string of the molecule is CCOc1ccc(NCc2c(Cl)ccc(Cl)c2Cl)cn1. The molecule has 0 aliphatic rings. The second-order valence-corrected chi connectivity index (χ2v) is 5.19. The monoisotopic (exact) mass is 330 g/mol. The molecule has 20 heavy (non-hydrogen) atoms. The molecule has 106 valence electrons. The molecule has 6 heteroatoms. The second-order valence-electron chi connectivity index (χ2n) is 3.99. The van der Waals surface area contributed by atoms with Crippen molar-refractivity contribution in [1.29, 1.82) is 0 Å². The van der Waals surface area contributed by atoms with Crippen LogP contribution >= 0.6 is 34.8 Å². The number of benzene rings is 1. The van der Waals surface area contributed by atoms with Gasteiger partial charge in [-0.2, -0.15) is 0 Å². The minimum Gasteiger partial charge on any atom is -0.478 e. The molecule has 0 aliphatic carbocycles. The van der Waals surface area contributed by atoms with Crippen molar-refractivity contribution in [3.05, 3.63) is 51.1 Å². The third kappa shape index (κ3) is 3.69. The highest BCUT2D eigenvalue weighted by Gasteiger charge is 2.09. The summed E-state index contributed by atoms with van der Waals surface area (Å²) in [6.07, 6.45) is 1.69. The van der Waals surface area contributed by atoms with Gasteiger partial charge < -0.3 is 10.1 Å². The standard InChI is InChI=1S/C14H13Cl3N2O/c1-2-20-13-6-3-9(7-19-13)18-8-10-11(15)4-5-12(16)14(10)17/h3-7,18H,2,8H2,1H3. The normalized spacial score (nSPS) is 10.4. The first-order valence-electron chi connectivity index (χ1n) is 6.07. The molecule has 0 amide bonds. The van der Waals surface area contributed by atoms with Crippen LogP contribution in [0.3, 0.4) is 0 Å².